The number of anilines is 1. The Hall–Kier alpha value is -2.02. The Bertz CT molecular complexity index is 675. The van der Waals surface area contributed by atoms with Gasteiger partial charge in [-0.3, -0.25) is 4.98 Å². The van der Waals surface area contributed by atoms with Gasteiger partial charge in [-0.25, -0.2) is 15.0 Å². The Morgan fingerprint density at radius 3 is 2.76 bits per heavy atom. The van der Waals surface area contributed by atoms with E-state index in [1.54, 1.807) is 6.20 Å². The van der Waals surface area contributed by atoms with Crippen molar-refractivity contribution < 1.29 is 0 Å². The van der Waals surface area contributed by atoms with E-state index in [-0.39, 0.29) is 0 Å². The molecule has 0 spiro atoms. The van der Waals surface area contributed by atoms with E-state index >= 15 is 0 Å². The van der Waals surface area contributed by atoms with Gasteiger partial charge in [0.05, 0.1) is 0 Å². The third-order valence-corrected chi connectivity index (χ3v) is 2.76. The number of pyridine rings is 1. The van der Waals surface area contributed by atoms with Crippen LogP contribution in [0.2, 0.25) is 0 Å². The summed E-state index contributed by atoms with van der Waals surface area (Å²) in [4.78, 5) is 19.5. The average Bonchev–Trinajstić information content (AvgIpc) is 2.75. The van der Waals surface area contributed by atoms with Crippen LogP contribution in [0, 0.1) is 0 Å². The molecule has 0 amide bonds. The number of nitrogens with zero attached hydrogens (tertiary/aromatic N) is 4. The first-order valence-corrected chi connectivity index (χ1v) is 5.61. The van der Waals surface area contributed by atoms with Gasteiger partial charge in [0.2, 0.25) is 0 Å². The number of nitrogen functional groups attached to an aromatic ring is 1. The lowest BCUT2D eigenvalue weighted by Gasteiger charge is -1.94. The lowest BCUT2D eigenvalue weighted by molar-refractivity contribution is 1.20. The van der Waals surface area contributed by atoms with Crippen LogP contribution in [0.25, 0.3) is 22.7 Å². The summed E-state index contributed by atoms with van der Waals surface area (Å²) in [5.74, 6) is 1.01. The zero-order valence-corrected chi connectivity index (χ0v) is 10.1. The van der Waals surface area contributed by atoms with Crippen LogP contribution in [0.3, 0.4) is 0 Å². The first-order chi connectivity index (χ1) is 8.24. The minimum atomic E-state index is 0.380. The smallest absolute Gasteiger partial charge is 0.183 e. The summed E-state index contributed by atoms with van der Waals surface area (Å²) in [6.45, 7) is 0. The predicted molar refractivity (Wildman–Crippen MR) is 67.0 cm³/mol. The van der Waals surface area contributed by atoms with Crippen molar-refractivity contribution >= 4 is 32.9 Å². The summed E-state index contributed by atoms with van der Waals surface area (Å²) in [5, 5.41) is 0. The normalized spacial score (nSPS) is 10.9. The van der Waals surface area contributed by atoms with E-state index in [9.17, 15) is 0 Å². The SMILES string of the molecule is Nc1ncnc2nc(-c3ccc(Br)cn3)[nH]c12. The van der Waals surface area contributed by atoms with E-state index in [0.717, 1.165) is 10.2 Å². The van der Waals surface area contributed by atoms with Crippen molar-refractivity contribution in [1.29, 1.82) is 0 Å². The second-order valence-electron chi connectivity index (χ2n) is 3.40. The van der Waals surface area contributed by atoms with Crippen LogP contribution in [-0.4, -0.2) is 24.9 Å². The Morgan fingerprint density at radius 2 is 2.06 bits per heavy atom. The molecule has 0 fully saturated rings. The van der Waals surface area contributed by atoms with Crippen LogP contribution >= 0.6 is 15.9 Å². The van der Waals surface area contributed by atoms with Gasteiger partial charge in [0.15, 0.2) is 17.3 Å². The number of aromatic nitrogens is 5. The number of fused-ring (bicyclic) bond motifs is 1. The number of nitrogens with two attached hydrogens (primary N) is 1. The van der Waals surface area contributed by atoms with Crippen LogP contribution in [0.5, 0.6) is 0 Å². The van der Waals surface area contributed by atoms with Crippen LogP contribution in [-0.2, 0) is 0 Å². The van der Waals surface area contributed by atoms with Crippen molar-refractivity contribution in [3.05, 3.63) is 29.1 Å². The molecule has 0 aromatic carbocycles. The molecule has 0 aliphatic heterocycles. The molecule has 0 aliphatic rings. The molecule has 3 aromatic heterocycles. The number of hydrogen-bond donors (Lipinski definition) is 2. The molecule has 7 heteroatoms. The first-order valence-electron chi connectivity index (χ1n) is 4.82. The Labute approximate surface area is 104 Å². The number of rotatable bonds is 1. The molecule has 0 saturated carbocycles. The van der Waals surface area contributed by atoms with Crippen molar-refractivity contribution in [1.82, 2.24) is 24.9 Å². The summed E-state index contributed by atoms with van der Waals surface area (Å²) >= 11 is 3.33. The van der Waals surface area contributed by atoms with Gasteiger partial charge in [0, 0.05) is 10.7 Å². The van der Waals surface area contributed by atoms with Crippen molar-refractivity contribution in [2.75, 3.05) is 5.73 Å². The second-order valence-corrected chi connectivity index (χ2v) is 4.32. The van der Waals surface area contributed by atoms with Gasteiger partial charge in [-0.05, 0) is 28.1 Å². The molecular weight excluding hydrogens is 284 g/mol. The van der Waals surface area contributed by atoms with Gasteiger partial charge in [0.25, 0.3) is 0 Å². The van der Waals surface area contributed by atoms with Crippen LogP contribution in [0.4, 0.5) is 5.82 Å². The summed E-state index contributed by atoms with van der Waals surface area (Å²) < 4.78 is 0.914. The zero-order chi connectivity index (χ0) is 11.8. The van der Waals surface area contributed by atoms with Gasteiger partial charge < -0.3 is 10.7 Å². The molecule has 0 atom stereocenters. The second kappa shape index (κ2) is 3.77. The summed E-state index contributed by atoms with van der Waals surface area (Å²) in [5.41, 5.74) is 7.62. The quantitative estimate of drug-likeness (QED) is 0.712. The third-order valence-electron chi connectivity index (χ3n) is 2.29. The van der Waals surface area contributed by atoms with E-state index in [1.807, 2.05) is 12.1 Å². The van der Waals surface area contributed by atoms with Crippen molar-refractivity contribution in [2.45, 2.75) is 0 Å². The topological polar surface area (TPSA) is 93.4 Å². The van der Waals surface area contributed by atoms with E-state index in [1.165, 1.54) is 6.33 Å². The van der Waals surface area contributed by atoms with E-state index in [4.69, 9.17) is 5.73 Å². The maximum absolute atomic E-state index is 5.72. The van der Waals surface area contributed by atoms with Crippen LogP contribution in [0.1, 0.15) is 0 Å². The van der Waals surface area contributed by atoms with E-state index in [2.05, 4.69) is 40.8 Å². The summed E-state index contributed by atoms with van der Waals surface area (Å²) in [6.07, 6.45) is 3.09. The molecule has 84 valence electrons. The fraction of sp³-hybridized carbons (Fsp3) is 0. The number of hydrogen-bond acceptors (Lipinski definition) is 5. The highest BCUT2D eigenvalue weighted by Gasteiger charge is 2.09. The van der Waals surface area contributed by atoms with Crippen LogP contribution < -0.4 is 5.73 Å². The fourth-order valence-corrected chi connectivity index (χ4v) is 1.72. The number of H-pyrrole nitrogens is 1. The van der Waals surface area contributed by atoms with Crippen molar-refractivity contribution in [3.63, 3.8) is 0 Å². The molecule has 6 nitrogen and oxygen atoms in total. The molecule has 3 heterocycles. The van der Waals surface area contributed by atoms with Gasteiger partial charge in [-0.15, -0.1) is 0 Å². The largest absolute Gasteiger partial charge is 0.382 e. The molecular formula is C10H7BrN6. The number of imidazole rings is 1. The predicted octanol–water partition coefficient (Wildman–Crippen LogP) is 1.76. The molecule has 0 aliphatic carbocycles. The molecule has 0 radical (unpaired) electrons. The van der Waals surface area contributed by atoms with Crippen molar-refractivity contribution in [2.24, 2.45) is 0 Å². The Kier molecular flexibility index (Phi) is 2.25. The maximum atomic E-state index is 5.72. The van der Waals surface area contributed by atoms with Gasteiger partial charge in [0.1, 0.15) is 17.5 Å². The summed E-state index contributed by atoms with van der Waals surface area (Å²) in [6, 6.07) is 3.75. The Morgan fingerprint density at radius 1 is 1.18 bits per heavy atom. The standard InChI is InChI=1S/C10H7BrN6/c11-5-1-2-6(13-3-5)9-16-7-8(12)14-4-15-10(7)17-9/h1-4H,(H3,12,14,15,16,17). The monoisotopic (exact) mass is 290 g/mol. The highest BCUT2D eigenvalue weighted by atomic mass is 79.9. The third kappa shape index (κ3) is 1.74. The van der Waals surface area contributed by atoms with Gasteiger partial charge in [-0.1, -0.05) is 0 Å². The number of aromatic amines is 1. The molecule has 17 heavy (non-hydrogen) atoms. The minimum absolute atomic E-state index is 0.380. The molecule has 0 saturated heterocycles. The van der Waals surface area contributed by atoms with Gasteiger partial charge >= 0.3 is 0 Å². The highest BCUT2D eigenvalue weighted by Crippen LogP contribution is 2.20. The van der Waals surface area contributed by atoms with E-state index in [0.29, 0.717) is 22.8 Å². The Balaban J connectivity index is 2.18. The lowest BCUT2D eigenvalue weighted by Crippen LogP contribution is -1.91. The minimum Gasteiger partial charge on any atom is -0.382 e. The maximum Gasteiger partial charge on any atom is 0.183 e. The molecule has 3 rings (SSSR count). The highest BCUT2D eigenvalue weighted by molar-refractivity contribution is 9.10. The molecule has 0 unspecified atom stereocenters. The fourth-order valence-electron chi connectivity index (χ4n) is 1.48. The van der Waals surface area contributed by atoms with Crippen molar-refractivity contribution in [3.8, 4) is 11.5 Å². The number of halogens is 1. The molecule has 3 N–H and O–H groups in total. The summed E-state index contributed by atoms with van der Waals surface area (Å²) in [7, 11) is 0. The lowest BCUT2D eigenvalue weighted by atomic mass is 10.3. The van der Waals surface area contributed by atoms with Crippen LogP contribution in [0.15, 0.2) is 29.1 Å². The first kappa shape index (κ1) is 10.2. The van der Waals surface area contributed by atoms with E-state index < -0.39 is 0 Å². The molecule has 3 aromatic rings. The zero-order valence-electron chi connectivity index (χ0n) is 8.55. The molecule has 0 bridgehead atoms. The van der Waals surface area contributed by atoms with Gasteiger partial charge in [-0.2, -0.15) is 0 Å². The average molecular weight is 291 g/mol. The number of nitrogens with one attached hydrogen (secondary N) is 1.